The smallest absolute Gasteiger partial charge is 0.251 e. The molecule has 0 aromatic heterocycles. The highest BCUT2D eigenvalue weighted by Gasteiger charge is 2.61. The van der Waals surface area contributed by atoms with Gasteiger partial charge in [0.15, 0.2) is 5.78 Å². The van der Waals surface area contributed by atoms with E-state index in [1.54, 1.807) is 24.3 Å². The number of piperazine rings is 1. The van der Waals surface area contributed by atoms with Gasteiger partial charge in [-0.1, -0.05) is 56.3 Å². The molecule has 5 aliphatic rings. The van der Waals surface area contributed by atoms with Crippen molar-refractivity contribution in [1.82, 2.24) is 15.1 Å². The number of amides is 2. The second-order valence-corrected chi connectivity index (χ2v) is 16.6. The summed E-state index contributed by atoms with van der Waals surface area (Å²) in [6.07, 6.45) is 8.49. The molecule has 0 spiro atoms. The summed E-state index contributed by atoms with van der Waals surface area (Å²) in [6, 6.07) is 15.7. The lowest BCUT2D eigenvalue weighted by molar-refractivity contribution is -0.157. The van der Waals surface area contributed by atoms with Crippen LogP contribution in [-0.4, -0.2) is 88.1 Å². The number of rotatable bonds is 7. The summed E-state index contributed by atoms with van der Waals surface area (Å²) in [4.78, 5) is 43.8. The third-order valence-electron chi connectivity index (χ3n) is 14.1. The Bertz CT molecular complexity index is 1540. The first-order valence-electron chi connectivity index (χ1n) is 18.8. The maximum atomic E-state index is 14.1. The number of hydrogen-bond donors (Lipinski definition) is 3. The topological polar surface area (TPSA) is 110 Å². The van der Waals surface area contributed by atoms with Crippen LogP contribution in [0.3, 0.4) is 0 Å². The van der Waals surface area contributed by atoms with Gasteiger partial charge in [-0.05, 0) is 110 Å². The van der Waals surface area contributed by atoms with Gasteiger partial charge in [-0.2, -0.15) is 0 Å². The largest absolute Gasteiger partial charge is 0.393 e. The third kappa shape index (κ3) is 6.38. The molecule has 0 radical (unpaired) electrons. The number of Topliss-reactive ketones (excluding diaryl/α,β-unsaturated/α-hetero) is 1. The van der Waals surface area contributed by atoms with E-state index in [1.165, 1.54) is 26.2 Å². The Morgan fingerprint density at radius 1 is 0.857 bits per heavy atom. The lowest BCUT2D eigenvalue weighted by atomic mass is 9.44. The van der Waals surface area contributed by atoms with Crippen molar-refractivity contribution in [3.05, 3.63) is 71.3 Å². The van der Waals surface area contributed by atoms with Crippen molar-refractivity contribution in [3.63, 3.8) is 0 Å². The molecule has 49 heavy (non-hydrogen) atoms. The Hall–Kier alpha value is -3.07. The first kappa shape index (κ1) is 34.4. The van der Waals surface area contributed by atoms with E-state index in [9.17, 15) is 24.6 Å². The Kier molecular flexibility index (Phi) is 9.52. The summed E-state index contributed by atoms with van der Waals surface area (Å²) in [5.74, 6) is 1.88. The average Bonchev–Trinajstić information content (AvgIpc) is 3.42. The van der Waals surface area contributed by atoms with Crippen LogP contribution in [0.5, 0.6) is 0 Å². The van der Waals surface area contributed by atoms with E-state index in [2.05, 4.69) is 24.1 Å². The van der Waals surface area contributed by atoms with Gasteiger partial charge in [-0.15, -0.1) is 0 Å². The second kappa shape index (κ2) is 13.6. The monoisotopic (exact) mass is 669 g/mol. The number of nitrogens with one attached hydrogen (secondary N) is 1. The molecule has 8 heteroatoms. The van der Waals surface area contributed by atoms with Crippen LogP contribution in [0.4, 0.5) is 0 Å². The molecule has 5 unspecified atom stereocenters. The Labute approximate surface area is 291 Å². The molecule has 5 fully saturated rings. The predicted molar refractivity (Wildman–Crippen MR) is 189 cm³/mol. The fraction of sp³-hybridized carbons (Fsp3) is 0.634. The number of aliphatic hydroxyl groups excluding tert-OH is 2. The molecule has 0 bridgehead atoms. The summed E-state index contributed by atoms with van der Waals surface area (Å²) in [5, 5.41) is 25.5. The molecular formula is C41H55N3O5. The van der Waals surface area contributed by atoms with Crippen molar-refractivity contribution in [2.75, 3.05) is 26.2 Å². The maximum absolute atomic E-state index is 14.1. The molecule has 3 N–H and O–H groups in total. The normalized spacial score (nSPS) is 36.6. The molecule has 2 aromatic rings. The molecule has 1 aliphatic heterocycles. The number of aliphatic hydroxyl groups is 2. The number of fused-ring (bicyclic) bond motifs is 5. The van der Waals surface area contributed by atoms with Crippen molar-refractivity contribution < 1.29 is 24.6 Å². The van der Waals surface area contributed by atoms with Gasteiger partial charge in [0.2, 0.25) is 5.91 Å². The second-order valence-electron chi connectivity index (χ2n) is 16.6. The molecule has 7 rings (SSSR count). The van der Waals surface area contributed by atoms with E-state index < -0.39 is 6.04 Å². The molecule has 8 nitrogen and oxygen atoms in total. The number of carbonyl (C=O) groups is 3. The molecule has 10 atom stereocenters. The lowest BCUT2D eigenvalue weighted by Gasteiger charge is -2.62. The van der Waals surface area contributed by atoms with Gasteiger partial charge < -0.3 is 20.4 Å². The molecule has 4 saturated carbocycles. The molecule has 2 amide bonds. The van der Waals surface area contributed by atoms with Gasteiger partial charge in [-0.25, -0.2) is 0 Å². The van der Waals surface area contributed by atoms with Crippen LogP contribution < -0.4 is 5.32 Å². The summed E-state index contributed by atoms with van der Waals surface area (Å²) in [7, 11) is 0. The number of nitrogens with zero attached hydrogens (tertiary/aromatic N) is 2. The fourth-order valence-corrected chi connectivity index (χ4v) is 11.3. The van der Waals surface area contributed by atoms with Crippen molar-refractivity contribution in [1.29, 1.82) is 0 Å². The third-order valence-corrected chi connectivity index (χ3v) is 14.1. The van der Waals surface area contributed by atoms with Gasteiger partial charge in [0, 0.05) is 49.8 Å². The zero-order valence-electron chi connectivity index (χ0n) is 29.5. The highest BCUT2D eigenvalue weighted by molar-refractivity contribution is 6.01. The number of hydrogen-bond acceptors (Lipinski definition) is 6. The summed E-state index contributed by atoms with van der Waals surface area (Å²) in [5.41, 5.74) is 2.03. The molecule has 1 saturated heterocycles. The van der Waals surface area contributed by atoms with Crippen LogP contribution in [0.25, 0.3) is 0 Å². The van der Waals surface area contributed by atoms with Crippen LogP contribution in [0.1, 0.15) is 98.4 Å². The number of benzene rings is 2. The minimum atomic E-state index is -0.743. The molecule has 2 aromatic carbocycles. The quantitative estimate of drug-likeness (QED) is 0.354. The van der Waals surface area contributed by atoms with E-state index in [-0.39, 0.29) is 46.7 Å². The standard InChI is InChI=1S/C41H55N3O5/c1-26(45)28-10-7-11-29(23-28)38(48)42-34(22-27-8-5-4-6-9-27)39(49)44-20-18-43(19-21-44)35-25-41(3)30(24-36(35)46)12-13-31-32-14-15-37(47)40(32,2)17-16-33(31)41/h4-11,23,30-37,46-47H,12-22,24-25H2,1-3H3,(H,42,48)/t30?,31-,32-,33+,34?,35?,36?,37?,40-,41-/m0/s1. The summed E-state index contributed by atoms with van der Waals surface area (Å²) < 4.78 is 0. The molecule has 4 aliphatic carbocycles. The Balaban J connectivity index is 1.03. The van der Waals surface area contributed by atoms with Crippen LogP contribution in [0.2, 0.25) is 0 Å². The van der Waals surface area contributed by atoms with E-state index in [0.717, 1.165) is 37.7 Å². The highest BCUT2D eigenvalue weighted by atomic mass is 16.3. The van der Waals surface area contributed by atoms with Gasteiger partial charge in [0.05, 0.1) is 12.2 Å². The predicted octanol–water partition coefficient (Wildman–Crippen LogP) is 5.12. The SMILES string of the molecule is CC(=O)c1cccc(C(=O)NC(Cc2ccccc2)C(=O)N2CCN(C3C[C@@]4(C)C(CC[C@@H]5[C@H]4CC[C@]4(C)C(O)CC[C@@H]54)CC3O)CC2)c1. The van der Waals surface area contributed by atoms with Crippen LogP contribution in [0.15, 0.2) is 54.6 Å². The molecular weight excluding hydrogens is 614 g/mol. The fourth-order valence-electron chi connectivity index (χ4n) is 11.3. The van der Waals surface area contributed by atoms with E-state index in [4.69, 9.17) is 0 Å². The van der Waals surface area contributed by atoms with Crippen LogP contribution in [0, 0.1) is 34.5 Å². The Morgan fingerprint density at radius 2 is 1.57 bits per heavy atom. The lowest BCUT2D eigenvalue weighted by Crippen LogP contribution is -2.63. The Morgan fingerprint density at radius 3 is 2.31 bits per heavy atom. The van der Waals surface area contributed by atoms with Crippen LogP contribution in [-0.2, 0) is 11.2 Å². The van der Waals surface area contributed by atoms with Crippen LogP contribution >= 0.6 is 0 Å². The highest BCUT2D eigenvalue weighted by Crippen LogP contribution is 2.66. The number of ketones is 1. The summed E-state index contributed by atoms with van der Waals surface area (Å²) in [6.45, 7) is 8.83. The molecule has 264 valence electrons. The zero-order valence-corrected chi connectivity index (χ0v) is 29.5. The molecule has 1 heterocycles. The minimum absolute atomic E-state index is 0.0667. The summed E-state index contributed by atoms with van der Waals surface area (Å²) >= 11 is 0. The van der Waals surface area contributed by atoms with Gasteiger partial charge >= 0.3 is 0 Å². The van der Waals surface area contributed by atoms with Crippen molar-refractivity contribution in [2.24, 2.45) is 34.5 Å². The van der Waals surface area contributed by atoms with E-state index >= 15 is 0 Å². The van der Waals surface area contributed by atoms with Crippen molar-refractivity contribution >= 4 is 17.6 Å². The first-order valence-corrected chi connectivity index (χ1v) is 18.8. The van der Waals surface area contributed by atoms with E-state index in [1.807, 2.05) is 35.2 Å². The van der Waals surface area contributed by atoms with E-state index in [0.29, 0.717) is 67.4 Å². The number of carbonyl (C=O) groups excluding carboxylic acids is 3. The van der Waals surface area contributed by atoms with Crippen molar-refractivity contribution in [2.45, 2.75) is 103 Å². The maximum Gasteiger partial charge on any atom is 0.251 e. The van der Waals surface area contributed by atoms with Gasteiger partial charge in [0.25, 0.3) is 5.91 Å². The zero-order chi connectivity index (χ0) is 34.5. The van der Waals surface area contributed by atoms with Gasteiger partial charge in [-0.3, -0.25) is 19.3 Å². The van der Waals surface area contributed by atoms with Crippen molar-refractivity contribution in [3.8, 4) is 0 Å². The average molecular weight is 670 g/mol. The first-order chi connectivity index (χ1) is 23.5. The minimum Gasteiger partial charge on any atom is -0.393 e. The van der Waals surface area contributed by atoms with Gasteiger partial charge in [0.1, 0.15) is 6.04 Å².